The highest BCUT2D eigenvalue weighted by atomic mass is 32.1. The summed E-state index contributed by atoms with van der Waals surface area (Å²) in [5.41, 5.74) is 0.358. The Morgan fingerprint density at radius 3 is 2.95 bits per heavy atom. The first-order chi connectivity index (χ1) is 9.66. The Morgan fingerprint density at radius 1 is 1.40 bits per heavy atom. The smallest absolute Gasteiger partial charge is 0.329 e. The first kappa shape index (κ1) is 14.6. The molecule has 6 nitrogen and oxygen atoms in total. The van der Waals surface area contributed by atoms with Gasteiger partial charge in [-0.15, -0.1) is 22.7 Å². The lowest BCUT2D eigenvalue weighted by Crippen LogP contribution is -2.28. The number of carbonyl (C=O) groups excluding carboxylic acids is 1. The third-order valence-corrected chi connectivity index (χ3v) is 4.11. The van der Waals surface area contributed by atoms with E-state index in [1.54, 1.807) is 16.7 Å². The van der Waals surface area contributed by atoms with Crippen LogP contribution in [0.1, 0.15) is 10.5 Å². The fourth-order valence-corrected chi connectivity index (χ4v) is 2.99. The topological polar surface area (TPSA) is 88.5 Å². The predicted octanol–water partition coefficient (Wildman–Crippen LogP) is 1.70. The van der Waals surface area contributed by atoms with Crippen LogP contribution in [0.5, 0.6) is 0 Å². The van der Waals surface area contributed by atoms with Crippen LogP contribution < -0.4 is 5.32 Å². The van der Waals surface area contributed by atoms with Crippen LogP contribution in [0.2, 0.25) is 0 Å². The maximum Gasteiger partial charge on any atom is 0.329 e. The summed E-state index contributed by atoms with van der Waals surface area (Å²) in [6, 6.07) is 3.88. The molecule has 8 heteroatoms. The van der Waals surface area contributed by atoms with E-state index in [0.29, 0.717) is 5.69 Å². The number of amides is 1. The fourth-order valence-electron chi connectivity index (χ4n) is 1.38. The summed E-state index contributed by atoms with van der Waals surface area (Å²) in [5.74, 6) is -1.32. The van der Waals surface area contributed by atoms with E-state index in [0.717, 1.165) is 9.88 Å². The third kappa shape index (κ3) is 4.12. The molecule has 0 saturated carbocycles. The summed E-state index contributed by atoms with van der Waals surface area (Å²) in [5, 5.41) is 15.5. The van der Waals surface area contributed by atoms with E-state index >= 15 is 0 Å². The molecule has 0 radical (unpaired) electrons. The van der Waals surface area contributed by atoms with Gasteiger partial charge in [-0.3, -0.25) is 4.79 Å². The minimum Gasteiger partial charge on any atom is -0.480 e. The zero-order chi connectivity index (χ0) is 14.4. The van der Waals surface area contributed by atoms with Gasteiger partial charge in [0.15, 0.2) is 0 Å². The molecule has 0 aliphatic carbocycles. The number of thiophene rings is 1. The lowest BCUT2D eigenvalue weighted by atomic mass is 10.4. The molecule has 0 aliphatic rings. The highest BCUT2D eigenvalue weighted by Gasteiger charge is 2.11. The van der Waals surface area contributed by atoms with Gasteiger partial charge in [0.2, 0.25) is 0 Å². The minimum atomic E-state index is -1.03. The van der Waals surface area contributed by atoms with Crippen molar-refractivity contribution in [2.24, 2.45) is 0 Å². The molecule has 2 aromatic rings. The van der Waals surface area contributed by atoms with Crippen LogP contribution in [0.15, 0.2) is 22.9 Å². The number of aromatic nitrogens is 1. The van der Waals surface area contributed by atoms with Gasteiger partial charge >= 0.3 is 5.97 Å². The number of thiazole rings is 1. The maximum atomic E-state index is 11.8. The van der Waals surface area contributed by atoms with Gasteiger partial charge in [0, 0.05) is 11.9 Å². The molecule has 106 valence electrons. The second-order valence-corrected chi connectivity index (χ2v) is 5.52. The van der Waals surface area contributed by atoms with E-state index in [2.05, 4.69) is 10.3 Å². The third-order valence-electron chi connectivity index (χ3n) is 2.23. The van der Waals surface area contributed by atoms with Gasteiger partial charge in [-0.1, -0.05) is 6.07 Å². The molecule has 0 unspecified atom stereocenters. The summed E-state index contributed by atoms with van der Waals surface area (Å²) < 4.78 is 4.82. The van der Waals surface area contributed by atoms with Gasteiger partial charge in [0.05, 0.1) is 11.5 Å². The molecule has 2 aromatic heterocycles. The van der Waals surface area contributed by atoms with Crippen molar-refractivity contribution in [1.29, 1.82) is 0 Å². The quantitative estimate of drug-likeness (QED) is 0.760. The molecule has 1 amide bonds. The van der Waals surface area contributed by atoms with E-state index < -0.39 is 5.97 Å². The lowest BCUT2D eigenvalue weighted by molar-refractivity contribution is -0.142. The van der Waals surface area contributed by atoms with Gasteiger partial charge in [-0.2, -0.15) is 0 Å². The number of hydrogen-bond donors (Lipinski definition) is 2. The SMILES string of the molecule is O=C(O)COCCNC(=O)c1csc(-c2cccs2)n1. The summed E-state index contributed by atoms with van der Waals surface area (Å²) in [4.78, 5) is 27.3. The van der Waals surface area contributed by atoms with E-state index in [-0.39, 0.29) is 25.7 Å². The number of carbonyl (C=O) groups is 2. The van der Waals surface area contributed by atoms with Crippen LogP contribution in [0.25, 0.3) is 9.88 Å². The van der Waals surface area contributed by atoms with Crippen LogP contribution in [-0.4, -0.2) is 41.7 Å². The van der Waals surface area contributed by atoms with Gasteiger partial charge in [-0.05, 0) is 11.4 Å². The van der Waals surface area contributed by atoms with Crippen LogP contribution in [-0.2, 0) is 9.53 Å². The molecule has 20 heavy (non-hydrogen) atoms. The Bertz CT molecular complexity index is 580. The van der Waals surface area contributed by atoms with Crippen molar-refractivity contribution in [3.05, 3.63) is 28.6 Å². The fraction of sp³-hybridized carbons (Fsp3) is 0.250. The molecular weight excluding hydrogens is 300 g/mol. The molecule has 2 N–H and O–H groups in total. The van der Waals surface area contributed by atoms with Crippen LogP contribution in [0.3, 0.4) is 0 Å². The number of carboxylic acid groups (broad SMARTS) is 1. The van der Waals surface area contributed by atoms with Gasteiger partial charge in [-0.25, -0.2) is 9.78 Å². The van der Waals surface area contributed by atoms with Crippen LogP contribution in [0, 0.1) is 0 Å². The zero-order valence-electron chi connectivity index (χ0n) is 10.4. The number of hydrogen-bond acceptors (Lipinski definition) is 6. The largest absolute Gasteiger partial charge is 0.480 e. The van der Waals surface area contributed by atoms with Crippen LogP contribution in [0.4, 0.5) is 0 Å². The number of carboxylic acids is 1. The Labute approximate surface area is 123 Å². The average Bonchev–Trinajstić information content (AvgIpc) is 3.08. The zero-order valence-corrected chi connectivity index (χ0v) is 12.0. The predicted molar refractivity (Wildman–Crippen MR) is 76.2 cm³/mol. The number of nitrogens with zero attached hydrogens (tertiary/aromatic N) is 1. The Kier molecular flexibility index (Phi) is 5.22. The van der Waals surface area contributed by atoms with Crippen molar-refractivity contribution >= 4 is 34.6 Å². The molecule has 0 atom stereocenters. The Hall–Kier alpha value is -1.77. The van der Waals surface area contributed by atoms with Gasteiger partial charge < -0.3 is 15.2 Å². The van der Waals surface area contributed by atoms with Crippen molar-refractivity contribution in [3.8, 4) is 9.88 Å². The van der Waals surface area contributed by atoms with Crippen molar-refractivity contribution in [2.75, 3.05) is 19.8 Å². The molecule has 0 saturated heterocycles. The normalized spacial score (nSPS) is 10.4. The molecule has 0 aliphatic heterocycles. The van der Waals surface area contributed by atoms with Crippen molar-refractivity contribution in [3.63, 3.8) is 0 Å². The minimum absolute atomic E-state index is 0.153. The number of rotatable bonds is 7. The average molecular weight is 312 g/mol. The standard InChI is InChI=1S/C12H12N2O4S2/c15-10(16)6-18-4-3-13-11(17)8-7-20-12(14-8)9-2-1-5-19-9/h1-2,5,7H,3-4,6H2,(H,13,17)(H,15,16). The number of ether oxygens (including phenoxy) is 1. The molecule has 0 fully saturated rings. The molecule has 0 aromatic carbocycles. The van der Waals surface area contributed by atoms with Crippen molar-refractivity contribution < 1.29 is 19.4 Å². The van der Waals surface area contributed by atoms with E-state index in [1.165, 1.54) is 11.3 Å². The van der Waals surface area contributed by atoms with Crippen molar-refractivity contribution in [2.45, 2.75) is 0 Å². The highest BCUT2D eigenvalue weighted by molar-refractivity contribution is 7.20. The molecule has 0 spiro atoms. The first-order valence-electron chi connectivity index (χ1n) is 5.74. The monoisotopic (exact) mass is 312 g/mol. The van der Waals surface area contributed by atoms with Crippen molar-refractivity contribution in [1.82, 2.24) is 10.3 Å². The van der Waals surface area contributed by atoms with E-state index in [1.807, 2.05) is 17.5 Å². The number of nitrogens with one attached hydrogen (secondary N) is 1. The summed E-state index contributed by atoms with van der Waals surface area (Å²) in [6.07, 6.45) is 0. The molecule has 2 heterocycles. The van der Waals surface area contributed by atoms with Crippen LogP contribution >= 0.6 is 22.7 Å². The second-order valence-electron chi connectivity index (χ2n) is 3.72. The van der Waals surface area contributed by atoms with Gasteiger partial charge in [0.25, 0.3) is 5.91 Å². The summed E-state index contributed by atoms with van der Waals surface area (Å²) in [7, 11) is 0. The Morgan fingerprint density at radius 2 is 2.25 bits per heavy atom. The number of aliphatic carboxylic acids is 1. The summed E-state index contributed by atoms with van der Waals surface area (Å²) >= 11 is 2.98. The van der Waals surface area contributed by atoms with Gasteiger partial charge in [0.1, 0.15) is 17.3 Å². The first-order valence-corrected chi connectivity index (χ1v) is 7.50. The Balaban J connectivity index is 1.80. The lowest BCUT2D eigenvalue weighted by Gasteiger charge is -2.02. The maximum absolute atomic E-state index is 11.8. The van der Waals surface area contributed by atoms with E-state index in [4.69, 9.17) is 9.84 Å². The van der Waals surface area contributed by atoms with E-state index in [9.17, 15) is 9.59 Å². The highest BCUT2D eigenvalue weighted by Crippen LogP contribution is 2.27. The molecule has 2 rings (SSSR count). The molecule has 0 bridgehead atoms. The summed E-state index contributed by atoms with van der Waals surface area (Å²) in [6.45, 7) is 0.0348. The second kappa shape index (κ2) is 7.13. The molecular formula is C12H12N2O4S2.